The van der Waals surface area contributed by atoms with Crippen LogP contribution in [0, 0.1) is 5.92 Å². The van der Waals surface area contributed by atoms with Crippen LogP contribution in [0.1, 0.15) is 33.1 Å². The molecule has 1 unspecified atom stereocenters. The molecule has 0 aliphatic carbocycles. The molecule has 1 aliphatic heterocycles. The van der Waals surface area contributed by atoms with E-state index < -0.39 is 0 Å². The van der Waals surface area contributed by atoms with E-state index >= 15 is 0 Å². The molecule has 4 heteroatoms. The van der Waals surface area contributed by atoms with Crippen LogP contribution >= 0.6 is 0 Å². The van der Waals surface area contributed by atoms with Crippen LogP contribution in [0.5, 0.6) is 0 Å². The van der Waals surface area contributed by atoms with Gasteiger partial charge in [-0.3, -0.25) is 4.79 Å². The molecule has 0 saturated carbocycles. The number of ether oxygens (including phenoxy) is 1. The zero-order valence-electron chi connectivity index (χ0n) is 9.49. The third kappa shape index (κ3) is 3.22. The van der Waals surface area contributed by atoms with Crippen LogP contribution in [-0.2, 0) is 9.53 Å². The first-order chi connectivity index (χ1) is 7.19. The second-order valence-corrected chi connectivity index (χ2v) is 3.80. The Morgan fingerprint density at radius 3 is 2.80 bits per heavy atom. The predicted molar refractivity (Wildman–Crippen MR) is 56.6 cm³/mol. The molecule has 1 heterocycles. The van der Waals surface area contributed by atoms with Crippen molar-refractivity contribution in [2.45, 2.75) is 33.1 Å². The van der Waals surface area contributed by atoms with Gasteiger partial charge in [-0.2, -0.15) is 0 Å². The van der Waals surface area contributed by atoms with Crippen molar-refractivity contribution in [1.82, 2.24) is 4.90 Å². The Balaban J connectivity index is 2.51. The van der Waals surface area contributed by atoms with Crippen LogP contribution in [0.25, 0.3) is 0 Å². The van der Waals surface area contributed by atoms with E-state index in [1.54, 1.807) is 11.8 Å². The summed E-state index contributed by atoms with van der Waals surface area (Å²) < 4.78 is 4.92. The van der Waals surface area contributed by atoms with E-state index in [2.05, 4.69) is 0 Å². The Morgan fingerprint density at radius 1 is 1.47 bits per heavy atom. The van der Waals surface area contributed by atoms with Gasteiger partial charge in [-0.15, -0.1) is 0 Å². The fourth-order valence-corrected chi connectivity index (χ4v) is 1.86. The minimum atomic E-state index is -0.290. The van der Waals surface area contributed by atoms with Crippen molar-refractivity contribution in [3.05, 3.63) is 0 Å². The Bertz CT molecular complexity index is 240. The summed E-state index contributed by atoms with van der Waals surface area (Å²) in [5.41, 5.74) is 0. The van der Waals surface area contributed by atoms with E-state index in [1.807, 2.05) is 6.92 Å². The largest absolute Gasteiger partial charge is 0.450 e. The first-order valence-corrected chi connectivity index (χ1v) is 5.63. The number of likely N-dealkylation sites (tertiary alicyclic amines) is 1. The van der Waals surface area contributed by atoms with Crippen molar-refractivity contribution in [3.8, 4) is 0 Å². The number of amides is 1. The molecule has 0 aromatic rings. The highest BCUT2D eigenvalue weighted by Gasteiger charge is 2.25. The van der Waals surface area contributed by atoms with Crippen molar-refractivity contribution in [2.24, 2.45) is 5.92 Å². The summed E-state index contributed by atoms with van der Waals surface area (Å²) in [5, 5.41) is 0. The predicted octanol–water partition coefficient (Wildman–Crippen LogP) is 1.83. The number of Topliss-reactive ketones (excluding diaryl/α,β-unsaturated/α-hetero) is 1. The molecule has 0 bridgehead atoms. The van der Waals surface area contributed by atoms with Crippen molar-refractivity contribution in [3.63, 3.8) is 0 Å². The number of ketones is 1. The summed E-state index contributed by atoms with van der Waals surface area (Å²) in [5.74, 6) is 0.411. The molecular weight excluding hydrogens is 194 g/mol. The average Bonchev–Trinajstić information content (AvgIpc) is 2.40. The van der Waals surface area contributed by atoms with Crippen LogP contribution in [0.3, 0.4) is 0 Å². The zero-order chi connectivity index (χ0) is 11.3. The summed E-state index contributed by atoms with van der Waals surface area (Å²) >= 11 is 0. The van der Waals surface area contributed by atoms with Gasteiger partial charge in [0.15, 0.2) is 0 Å². The van der Waals surface area contributed by atoms with E-state index in [0.717, 1.165) is 12.8 Å². The molecule has 0 radical (unpaired) electrons. The van der Waals surface area contributed by atoms with Crippen LogP contribution in [0.4, 0.5) is 4.79 Å². The molecule has 1 rings (SSSR count). The molecule has 1 aliphatic rings. The van der Waals surface area contributed by atoms with Crippen LogP contribution in [-0.4, -0.2) is 36.5 Å². The number of hydrogen-bond donors (Lipinski definition) is 0. The highest BCUT2D eigenvalue weighted by atomic mass is 16.6. The van der Waals surface area contributed by atoms with Crippen molar-refractivity contribution in [1.29, 1.82) is 0 Å². The SMILES string of the molecule is CCOC(=O)N1CCC(=O)C(CC)CC1. The van der Waals surface area contributed by atoms with Crippen molar-refractivity contribution in [2.75, 3.05) is 19.7 Å². The normalized spacial score (nSPS) is 22.4. The Morgan fingerprint density at radius 2 is 2.20 bits per heavy atom. The van der Waals surface area contributed by atoms with Gasteiger partial charge < -0.3 is 9.64 Å². The van der Waals surface area contributed by atoms with Gasteiger partial charge in [0.25, 0.3) is 0 Å². The average molecular weight is 213 g/mol. The van der Waals surface area contributed by atoms with Gasteiger partial charge in [-0.25, -0.2) is 4.79 Å². The molecule has 0 N–H and O–H groups in total. The molecule has 0 aromatic carbocycles. The van der Waals surface area contributed by atoms with Crippen LogP contribution < -0.4 is 0 Å². The van der Waals surface area contributed by atoms with Gasteiger partial charge in [-0.1, -0.05) is 6.92 Å². The first-order valence-electron chi connectivity index (χ1n) is 5.63. The van der Waals surface area contributed by atoms with E-state index in [9.17, 15) is 9.59 Å². The molecule has 1 fully saturated rings. The monoisotopic (exact) mass is 213 g/mol. The van der Waals surface area contributed by atoms with Crippen LogP contribution in [0.2, 0.25) is 0 Å². The van der Waals surface area contributed by atoms with E-state index in [1.165, 1.54) is 0 Å². The van der Waals surface area contributed by atoms with Gasteiger partial charge in [0, 0.05) is 25.4 Å². The molecular formula is C11H19NO3. The number of rotatable bonds is 2. The Labute approximate surface area is 90.6 Å². The second kappa shape index (κ2) is 5.73. The fourth-order valence-electron chi connectivity index (χ4n) is 1.86. The lowest BCUT2D eigenvalue weighted by atomic mass is 9.97. The molecule has 15 heavy (non-hydrogen) atoms. The minimum absolute atomic E-state index is 0.129. The van der Waals surface area contributed by atoms with E-state index in [4.69, 9.17) is 4.74 Å². The fraction of sp³-hybridized carbons (Fsp3) is 0.818. The number of carbonyl (C=O) groups excluding carboxylic acids is 2. The lowest BCUT2D eigenvalue weighted by Crippen LogP contribution is -2.32. The second-order valence-electron chi connectivity index (χ2n) is 3.80. The minimum Gasteiger partial charge on any atom is -0.450 e. The molecule has 86 valence electrons. The molecule has 0 aromatic heterocycles. The highest BCUT2D eigenvalue weighted by molar-refractivity contribution is 5.82. The maximum absolute atomic E-state index is 11.6. The summed E-state index contributed by atoms with van der Waals surface area (Å²) in [7, 11) is 0. The third-order valence-electron chi connectivity index (χ3n) is 2.85. The van der Waals surface area contributed by atoms with Crippen molar-refractivity contribution < 1.29 is 14.3 Å². The van der Waals surface area contributed by atoms with Gasteiger partial charge in [-0.05, 0) is 19.8 Å². The summed E-state index contributed by atoms with van der Waals surface area (Å²) in [6.07, 6.45) is 1.82. The zero-order valence-corrected chi connectivity index (χ0v) is 9.49. The molecule has 1 amide bonds. The van der Waals surface area contributed by atoms with Gasteiger partial charge >= 0.3 is 6.09 Å². The lowest BCUT2D eigenvalue weighted by Gasteiger charge is -2.18. The van der Waals surface area contributed by atoms with E-state index in [0.29, 0.717) is 26.1 Å². The highest BCUT2D eigenvalue weighted by Crippen LogP contribution is 2.17. The molecule has 4 nitrogen and oxygen atoms in total. The number of hydrogen-bond acceptors (Lipinski definition) is 3. The first kappa shape index (κ1) is 12.0. The summed E-state index contributed by atoms with van der Waals surface area (Å²) in [6.45, 7) is 5.34. The van der Waals surface area contributed by atoms with E-state index in [-0.39, 0.29) is 17.8 Å². The number of nitrogens with zero attached hydrogens (tertiary/aromatic N) is 1. The maximum atomic E-state index is 11.6. The van der Waals surface area contributed by atoms with Crippen molar-refractivity contribution >= 4 is 11.9 Å². The smallest absolute Gasteiger partial charge is 0.409 e. The molecule has 0 spiro atoms. The molecule has 1 atom stereocenters. The summed E-state index contributed by atoms with van der Waals surface area (Å²) in [4.78, 5) is 24.7. The van der Waals surface area contributed by atoms with Gasteiger partial charge in [0.2, 0.25) is 0 Å². The standard InChI is InChI=1S/C11H19NO3/c1-3-9-5-7-12(8-6-10(9)13)11(14)15-4-2/h9H,3-8H2,1-2H3. The number of carbonyl (C=O) groups is 2. The Hall–Kier alpha value is -1.06. The molecule has 1 saturated heterocycles. The van der Waals surface area contributed by atoms with Gasteiger partial charge in [0.05, 0.1) is 6.61 Å². The quantitative estimate of drug-likeness (QED) is 0.703. The van der Waals surface area contributed by atoms with Crippen LogP contribution in [0.15, 0.2) is 0 Å². The van der Waals surface area contributed by atoms with Gasteiger partial charge in [0.1, 0.15) is 5.78 Å². The lowest BCUT2D eigenvalue weighted by molar-refractivity contribution is -0.122. The Kier molecular flexibility index (Phi) is 4.59. The maximum Gasteiger partial charge on any atom is 0.409 e. The summed E-state index contributed by atoms with van der Waals surface area (Å²) in [6, 6.07) is 0. The topological polar surface area (TPSA) is 46.6 Å². The third-order valence-corrected chi connectivity index (χ3v) is 2.85.